The van der Waals surface area contributed by atoms with Crippen molar-refractivity contribution < 1.29 is 21.6 Å². The number of nitrogens with two attached hydrogens (primary N) is 1. The molecule has 2 rings (SSSR count). The molecule has 0 spiro atoms. The van der Waals surface area contributed by atoms with Gasteiger partial charge in [0.1, 0.15) is 0 Å². The number of sulfonamides is 1. The summed E-state index contributed by atoms with van der Waals surface area (Å²) in [7, 11) is -4.09. The van der Waals surface area contributed by atoms with Crippen LogP contribution in [0, 0.1) is 11.3 Å². The van der Waals surface area contributed by atoms with E-state index in [9.17, 15) is 21.6 Å². The van der Waals surface area contributed by atoms with E-state index >= 15 is 0 Å². The molecule has 0 saturated heterocycles. The maximum absolute atomic E-state index is 12.9. The van der Waals surface area contributed by atoms with E-state index in [0.717, 1.165) is 12.1 Å². The van der Waals surface area contributed by atoms with Crippen molar-refractivity contribution >= 4 is 22.4 Å². The zero-order valence-electron chi connectivity index (χ0n) is 12.5. The van der Waals surface area contributed by atoms with Crippen molar-refractivity contribution in [3.8, 4) is 6.07 Å². The van der Waals surface area contributed by atoms with Crippen LogP contribution in [-0.4, -0.2) is 20.5 Å². The van der Waals surface area contributed by atoms with Crippen LogP contribution in [0.1, 0.15) is 36.8 Å². The molecule has 10 heteroatoms. The fourth-order valence-corrected chi connectivity index (χ4v) is 3.88. The van der Waals surface area contributed by atoms with Crippen LogP contribution in [0.5, 0.6) is 0 Å². The fourth-order valence-electron chi connectivity index (χ4n) is 2.55. The summed E-state index contributed by atoms with van der Waals surface area (Å²) >= 11 is 0. The molecule has 0 unspecified atom stereocenters. The predicted molar refractivity (Wildman–Crippen MR) is 84.0 cm³/mol. The molecule has 0 radical (unpaired) electrons. The fraction of sp³-hybridized carbons (Fsp3) is 0.500. The van der Waals surface area contributed by atoms with Crippen molar-refractivity contribution in [2.75, 3.05) is 0 Å². The lowest BCUT2D eigenvalue weighted by molar-refractivity contribution is -0.137. The maximum Gasteiger partial charge on any atom is 0.417 e. The summed E-state index contributed by atoms with van der Waals surface area (Å²) in [6.07, 6.45) is -2.39. The number of halogens is 4. The second-order valence-electron chi connectivity index (χ2n) is 5.55. The highest BCUT2D eigenvalue weighted by Crippen LogP contribution is 2.33. The molecule has 5 nitrogen and oxygen atoms in total. The van der Waals surface area contributed by atoms with Gasteiger partial charge in [-0.2, -0.15) is 18.4 Å². The molecule has 134 valence electrons. The van der Waals surface area contributed by atoms with Gasteiger partial charge in [0.15, 0.2) is 0 Å². The number of nitrogens with one attached hydrogen (secondary N) is 1. The van der Waals surface area contributed by atoms with Gasteiger partial charge in [0.05, 0.1) is 22.1 Å². The first-order valence-corrected chi connectivity index (χ1v) is 8.51. The van der Waals surface area contributed by atoms with E-state index in [1.807, 2.05) is 0 Å². The van der Waals surface area contributed by atoms with E-state index in [4.69, 9.17) is 11.0 Å². The molecular formula is C14H17ClF3N3O2S. The van der Waals surface area contributed by atoms with Crippen LogP contribution in [0.15, 0.2) is 23.1 Å². The van der Waals surface area contributed by atoms with E-state index in [0.29, 0.717) is 31.7 Å². The summed E-state index contributed by atoms with van der Waals surface area (Å²) in [5, 5.41) is 8.73. The van der Waals surface area contributed by atoms with Crippen LogP contribution < -0.4 is 10.5 Å². The molecule has 1 aliphatic carbocycles. The van der Waals surface area contributed by atoms with E-state index in [1.54, 1.807) is 0 Å². The highest BCUT2D eigenvalue weighted by atomic mass is 35.5. The molecule has 0 bridgehead atoms. The van der Waals surface area contributed by atoms with Gasteiger partial charge in [0.25, 0.3) is 0 Å². The highest BCUT2D eigenvalue weighted by molar-refractivity contribution is 7.89. The van der Waals surface area contributed by atoms with Crippen LogP contribution in [0.4, 0.5) is 13.2 Å². The van der Waals surface area contributed by atoms with Crippen molar-refractivity contribution in [2.24, 2.45) is 5.73 Å². The molecule has 0 aliphatic heterocycles. The number of hydrogen-bond acceptors (Lipinski definition) is 4. The Morgan fingerprint density at radius 2 is 1.79 bits per heavy atom. The smallest absolute Gasteiger partial charge is 0.328 e. The van der Waals surface area contributed by atoms with Gasteiger partial charge >= 0.3 is 6.18 Å². The van der Waals surface area contributed by atoms with E-state index in [-0.39, 0.29) is 24.5 Å². The summed E-state index contributed by atoms with van der Waals surface area (Å²) < 4.78 is 65.7. The average molecular weight is 384 g/mol. The van der Waals surface area contributed by atoms with Gasteiger partial charge in [-0.25, -0.2) is 13.1 Å². The van der Waals surface area contributed by atoms with E-state index < -0.39 is 32.2 Å². The zero-order valence-corrected chi connectivity index (χ0v) is 14.1. The summed E-state index contributed by atoms with van der Waals surface area (Å²) in [5.41, 5.74) is 3.87. The Labute approximate surface area is 144 Å². The third-order valence-corrected chi connectivity index (χ3v) is 5.34. The topological polar surface area (TPSA) is 96.0 Å². The summed E-state index contributed by atoms with van der Waals surface area (Å²) in [4.78, 5) is -0.501. The molecule has 1 aliphatic rings. The van der Waals surface area contributed by atoms with Gasteiger partial charge < -0.3 is 5.73 Å². The molecule has 3 N–H and O–H groups in total. The summed E-state index contributed by atoms with van der Waals surface area (Å²) in [5.74, 6) is 0. The summed E-state index contributed by atoms with van der Waals surface area (Å²) in [6, 6.07) is 3.47. The lowest BCUT2D eigenvalue weighted by Gasteiger charge is -2.26. The van der Waals surface area contributed by atoms with Crippen molar-refractivity contribution in [1.29, 1.82) is 5.26 Å². The minimum atomic E-state index is -4.80. The van der Waals surface area contributed by atoms with Crippen LogP contribution in [0.3, 0.4) is 0 Å². The lowest BCUT2D eigenvalue weighted by Crippen LogP contribution is -2.40. The number of alkyl halides is 3. The van der Waals surface area contributed by atoms with E-state index in [2.05, 4.69) is 4.72 Å². The molecule has 1 fully saturated rings. The van der Waals surface area contributed by atoms with Crippen LogP contribution >= 0.6 is 12.4 Å². The Kier molecular flexibility index (Phi) is 6.64. The van der Waals surface area contributed by atoms with Crippen molar-refractivity contribution in [2.45, 2.75) is 48.8 Å². The number of nitriles is 1. The first-order valence-electron chi connectivity index (χ1n) is 7.03. The maximum atomic E-state index is 12.9. The first-order chi connectivity index (χ1) is 10.6. The number of hydrogen-bond donors (Lipinski definition) is 2. The number of benzene rings is 1. The zero-order chi connectivity index (χ0) is 17.3. The van der Waals surface area contributed by atoms with Gasteiger partial charge in [-0.3, -0.25) is 0 Å². The van der Waals surface area contributed by atoms with Gasteiger partial charge in [-0.05, 0) is 43.9 Å². The van der Waals surface area contributed by atoms with E-state index in [1.165, 1.54) is 6.07 Å². The molecule has 0 amide bonds. The first kappa shape index (κ1) is 20.7. The second-order valence-corrected chi connectivity index (χ2v) is 7.26. The normalized spacial score (nSPS) is 21.6. The standard InChI is InChI=1S/C14H16F3N3O2S.ClH/c15-14(16,17)13-7-12(6-1-9(13)8-18)23(21,22)20-11-4-2-10(19)3-5-11;/h1,6-7,10-11,20H,2-5,19H2;1H. The quantitative estimate of drug-likeness (QED) is 0.838. The third kappa shape index (κ3) is 4.83. The Balaban J connectivity index is 0.00000288. The van der Waals surface area contributed by atoms with Gasteiger partial charge in [0.2, 0.25) is 10.0 Å². The largest absolute Gasteiger partial charge is 0.417 e. The van der Waals surface area contributed by atoms with Gasteiger partial charge in [0, 0.05) is 12.1 Å². The van der Waals surface area contributed by atoms with Crippen molar-refractivity contribution in [3.63, 3.8) is 0 Å². The van der Waals surface area contributed by atoms with Gasteiger partial charge in [-0.15, -0.1) is 12.4 Å². The van der Waals surface area contributed by atoms with Crippen LogP contribution in [0.2, 0.25) is 0 Å². The molecule has 1 saturated carbocycles. The highest BCUT2D eigenvalue weighted by Gasteiger charge is 2.35. The monoisotopic (exact) mass is 383 g/mol. The minimum Gasteiger partial charge on any atom is -0.328 e. The van der Waals surface area contributed by atoms with Crippen LogP contribution in [-0.2, 0) is 16.2 Å². The SMILES string of the molecule is Cl.N#Cc1ccc(S(=O)(=O)NC2CCC(N)CC2)cc1C(F)(F)F. The molecule has 0 atom stereocenters. The molecule has 1 aromatic rings. The molecule has 0 heterocycles. The molecule has 24 heavy (non-hydrogen) atoms. The number of nitrogens with zero attached hydrogens (tertiary/aromatic N) is 1. The minimum absolute atomic E-state index is 0. The Morgan fingerprint density at radius 3 is 2.29 bits per heavy atom. The molecule has 0 aromatic heterocycles. The second kappa shape index (κ2) is 7.70. The van der Waals surface area contributed by atoms with Crippen molar-refractivity contribution in [3.05, 3.63) is 29.3 Å². The Morgan fingerprint density at radius 1 is 1.21 bits per heavy atom. The predicted octanol–water partition coefficient (Wildman–Crippen LogP) is 2.55. The number of rotatable bonds is 3. The van der Waals surface area contributed by atoms with Crippen molar-refractivity contribution in [1.82, 2.24) is 4.72 Å². The van der Waals surface area contributed by atoms with Crippen LogP contribution in [0.25, 0.3) is 0 Å². The van der Waals surface area contributed by atoms with Gasteiger partial charge in [-0.1, -0.05) is 0 Å². The molecule has 1 aromatic carbocycles. The lowest BCUT2D eigenvalue weighted by atomic mass is 9.93. The Bertz CT molecular complexity index is 724. The summed E-state index contributed by atoms with van der Waals surface area (Å²) in [6.45, 7) is 0. The molecular weight excluding hydrogens is 367 g/mol. The third-order valence-electron chi connectivity index (χ3n) is 3.82. The Hall–Kier alpha value is -1.34. The average Bonchev–Trinajstić information content (AvgIpc) is 2.48.